The molecule has 0 saturated heterocycles. The van der Waals surface area contributed by atoms with Crippen molar-refractivity contribution in [3.8, 4) is 0 Å². The van der Waals surface area contributed by atoms with Gasteiger partial charge in [0.1, 0.15) is 0 Å². The highest BCUT2D eigenvalue weighted by molar-refractivity contribution is 9.12. The van der Waals surface area contributed by atoms with Crippen molar-refractivity contribution < 1.29 is 4.79 Å². The predicted molar refractivity (Wildman–Crippen MR) is 66.2 cm³/mol. The monoisotopic (exact) mass is 290 g/mol. The fourth-order valence-corrected chi connectivity index (χ4v) is 2.11. The second-order valence-corrected chi connectivity index (χ2v) is 4.71. The van der Waals surface area contributed by atoms with Crippen LogP contribution in [-0.4, -0.2) is 12.5 Å². The quantitative estimate of drug-likeness (QED) is 0.476. The molecule has 0 aromatic heterocycles. The number of halogens is 2. The summed E-state index contributed by atoms with van der Waals surface area (Å²) in [6.07, 6.45) is 4.44. The largest absolute Gasteiger partial charge is 0.297 e. The maximum atomic E-state index is 10.4. The van der Waals surface area contributed by atoms with Crippen LogP contribution in [0.15, 0.2) is 27.6 Å². The van der Waals surface area contributed by atoms with E-state index in [0.29, 0.717) is 9.51 Å². The molecule has 0 radical (unpaired) electrons. The van der Waals surface area contributed by atoms with E-state index >= 15 is 0 Å². The maximum absolute atomic E-state index is 10.4. The van der Waals surface area contributed by atoms with E-state index in [4.69, 9.17) is 11.6 Å². The summed E-state index contributed by atoms with van der Waals surface area (Å²) in [4.78, 5) is 11.4. The van der Waals surface area contributed by atoms with E-state index in [1.807, 2.05) is 24.5 Å². The minimum atomic E-state index is 0.505. The van der Waals surface area contributed by atoms with Crippen LogP contribution in [0.25, 0.3) is 6.08 Å². The summed E-state index contributed by atoms with van der Waals surface area (Å²) in [5.74, 6) is 0. The molecule has 1 rings (SSSR count). The molecule has 0 amide bonds. The minimum absolute atomic E-state index is 0.505. The van der Waals surface area contributed by atoms with Crippen LogP contribution in [0.3, 0.4) is 0 Å². The van der Waals surface area contributed by atoms with Gasteiger partial charge in [0.15, 0.2) is 6.29 Å². The second kappa shape index (κ2) is 5.59. The summed E-state index contributed by atoms with van der Waals surface area (Å²) in [5.41, 5.74) is 0.909. The Morgan fingerprint density at radius 3 is 2.79 bits per heavy atom. The SMILES string of the molecule is CSc1ccc(/C=C(\Br)C=O)cc1Cl. The average Bonchev–Trinajstić information content (AvgIpc) is 2.18. The van der Waals surface area contributed by atoms with E-state index in [2.05, 4.69) is 15.9 Å². The van der Waals surface area contributed by atoms with Gasteiger partial charge in [0.25, 0.3) is 0 Å². The zero-order chi connectivity index (χ0) is 10.6. The minimum Gasteiger partial charge on any atom is -0.297 e. The number of hydrogen-bond acceptors (Lipinski definition) is 2. The molecule has 0 unspecified atom stereocenters. The third-order valence-corrected chi connectivity index (χ3v) is 3.23. The molecule has 1 aromatic carbocycles. The molecule has 0 spiro atoms. The summed E-state index contributed by atoms with van der Waals surface area (Å²) < 4.78 is 0.505. The van der Waals surface area contributed by atoms with Crippen molar-refractivity contribution in [3.05, 3.63) is 33.3 Å². The molecule has 0 N–H and O–H groups in total. The highest BCUT2D eigenvalue weighted by atomic mass is 79.9. The van der Waals surface area contributed by atoms with Crippen LogP contribution < -0.4 is 0 Å². The number of aldehydes is 1. The molecule has 0 bridgehead atoms. The molecule has 4 heteroatoms. The van der Waals surface area contributed by atoms with E-state index in [9.17, 15) is 4.79 Å². The zero-order valence-corrected chi connectivity index (χ0v) is 10.6. The Kier molecular flexibility index (Phi) is 4.72. The van der Waals surface area contributed by atoms with Crippen molar-refractivity contribution in [2.75, 3.05) is 6.26 Å². The maximum Gasteiger partial charge on any atom is 0.157 e. The van der Waals surface area contributed by atoms with Gasteiger partial charge < -0.3 is 0 Å². The van der Waals surface area contributed by atoms with Crippen LogP contribution in [0.1, 0.15) is 5.56 Å². The Morgan fingerprint density at radius 1 is 1.57 bits per heavy atom. The van der Waals surface area contributed by atoms with Gasteiger partial charge in [0.05, 0.1) is 9.51 Å². The Bertz CT molecular complexity index is 376. The third-order valence-electron chi connectivity index (χ3n) is 1.59. The Morgan fingerprint density at radius 2 is 2.29 bits per heavy atom. The first-order valence-corrected chi connectivity index (χ1v) is 6.23. The highest BCUT2D eigenvalue weighted by Crippen LogP contribution is 2.27. The lowest BCUT2D eigenvalue weighted by Gasteiger charge is -2.01. The van der Waals surface area contributed by atoms with Gasteiger partial charge in [0.2, 0.25) is 0 Å². The van der Waals surface area contributed by atoms with Crippen molar-refractivity contribution in [3.63, 3.8) is 0 Å². The molecular formula is C10H8BrClOS. The summed E-state index contributed by atoms with van der Waals surface area (Å²) in [6.45, 7) is 0. The van der Waals surface area contributed by atoms with E-state index in [-0.39, 0.29) is 0 Å². The van der Waals surface area contributed by atoms with Gasteiger partial charge >= 0.3 is 0 Å². The van der Waals surface area contributed by atoms with Crippen LogP contribution in [-0.2, 0) is 4.79 Å². The Balaban J connectivity index is 3.03. The summed E-state index contributed by atoms with van der Waals surface area (Å²) in [5, 5.41) is 0.706. The van der Waals surface area contributed by atoms with Crippen LogP contribution in [0, 0.1) is 0 Å². The lowest BCUT2D eigenvalue weighted by atomic mass is 10.2. The topological polar surface area (TPSA) is 17.1 Å². The third kappa shape index (κ3) is 3.15. The van der Waals surface area contributed by atoms with Gasteiger partial charge in [-0.3, -0.25) is 4.79 Å². The highest BCUT2D eigenvalue weighted by Gasteiger charge is 1.99. The first-order chi connectivity index (χ1) is 6.67. The molecular weight excluding hydrogens is 284 g/mol. The number of thioether (sulfide) groups is 1. The van der Waals surface area contributed by atoms with E-state index in [1.165, 1.54) is 0 Å². The van der Waals surface area contributed by atoms with Gasteiger partial charge in [-0.2, -0.15) is 0 Å². The predicted octanol–water partition coefficient (Wildman–Crippen LogP) is 4.00. The number of allylic oxidation sites excluding steroid dienone is 1. The number of hydrogen-bond donors (Lipinski definition) is 0. The van der Waals surface area contributed by atoms with E-state index < -0.39 is 0 Å². The second-order valence-electron chi connectivity index (χ2n) is 2.54. The molecule has 0 heterocycles. The molecule has 0 fully saturated rings. The summed E-state index contributed by atoms with van der Waals surface area (Å²) in [7, 11) is 0. The smallest absolute Gasteiger partial charge is 0.157 e. The molecule has 0 saturated carbocycles. The first-order valence-electron chi connectivity index (χ1n) is 3.83. The number of benzene rings is 1. The lowest BCUT2D eigenvalue weighted by molar-refractivity contribution is -0.104. The van der Waals surface area contributed by atoms with Crippen molar-refractivity contribution in [1.82, 2.24) is 0 Å². The van der Waals surface area contributed by atoms with Gasteiger partial charge in [-0.05, 0) is 46.0 Å². The Labute approximate surface area is 101 Å². The number of carbonyl (C=O) groups is 1. The van der Waals surface area contributed by atoms with E-state index in [1.54, 1.807) is 17.8 Å². The van der Waals surface area contributed by atoms with Gasteiger partial charge in [-0.1, -0.05) is 17.7 Å². The molecule has 1 aromatic rings. The fourth-order valence-electron chi connectivity index (χ4n) is 0.966. The van der Waals surface area contributed by atoms with Crippen molar-refractivity contribution in [2.45, 2.75) is 4.90 Å². The molecule has 74 valence electrons. The molecule has 0 aliphatic rings. The van der Waals surface area contributed by atoms with Crippen LogP contribution in [0.5, 0.6) is 0 Å². The van der Waals surface area contributed by atoms with Gasteiger partial charge in [-0.15, -0.1) is 11.8 Å². The Hall–Kier alpha value is -0.250. The van der Waals surface area contributed by atoms with Crippen molar-refractivity contribution >= 4 is 51.7 Å². The molecule has 14 heavy (non-hydrogen) atoms. The normalized spacial score (nSPS) is 11.5. The lowest BCUT2D eigenvalue weighted by Crippen LogP contribution is -1.78. The zero-order valence-electron chi connectivity index (χ0n) is 7.46. The average molecular weight is 292 g/mol. The summed E-state index contributed by atoms with van der Waals surface area (Å²) >= 11 is 10.7. The van der Waals surface area contributed by atoms with Gasteiger partial charge in [0, 0.05) is 4.90 Å². The fraction of sp³-hybridized carbons (Fsp3) is 0.100. The van der Waals surface area contributed by atoms with Crippen LogP contribution in [0.2, 0.25) is 5.02 Å². The van der Waals surface area contributed by atoms with Crippen LogP contribution in [0.4, 0.5) is 0 Å². The van der Waals surface area contributed by atoms with E-state index in [0.717, 1.165) is 16.7 Å². The molecule has 0 aliphatic carbocycles. The summed E-state index contributed by atoms with van der Waals surface area (Å²) in [6, 6.07) is 5.69. The van der Waals surface area contributed by atoms with Crippen LogP contribution >= 0.6 is 39.3 Å². The molecule has 1 nitrogen and oxygen atoms in total. The molecule has 0 aliphatic heterocycles. The van der Waals surface area contributed by atoms with Crippen molar-refractivity contribution in [1.29, 1.82) is 0 Å². The standard InChI is InChI=1S/C10H8BrClOS/c1-14-10-3-2-7(5-9(10)12)4-8(11)6-13/h2-6H,1H3/b8-4-. The van der Waals surface area contributed by atoms with Crippen molar-refractivity contribution in [2.24, 2.45) is 0 Å². The number of rotatable bonds is 3. The number of carbonyl (C=O) groups excluding carboxylic acids is 1. The van der Waals surface area contributed by atoms with Gasteiger partial charge in [-0.25, -0.2) is 0 Å². The first kappa shape index (κ1) is 11.8. The molecule has 0 atom stereocenters.